The predicted octanol–water partition coefficient (Wildman–Crippen LogP) is 0.395. The summed E-state index contributed by atoms with van der Waals surface area (Å²) in [7, 11) is -0.205. The van der Waals surface area contributed by atoms with Crippen LogP contribution < -0.4 is 9.80 Å². The van der Waals surface area contributed by atoms with Gasteiger partial charge in [0.2, 0.25) is 0 Å². The van der Waals surface area contributed by atoms with Crippen LogP contribution in [0.2, 0.25) is 0 Å². The molecule has 0 aromatic carbocycles. The van der Waals surface area contributed by atoms with Crippen molar-refractivity contribution in [3.05, 3.63) is 12.1 Å². The Labute approximate surface area is 144 Å². The fourth-order valence-corrected chi connectivity index (χ4v) is 4.24. The van der Waals surface area contributed by atoms with Crippen LogP contribution >= 0.6 is 0 Å². The van der Waals surface area contributed by atoms with Crippen LogP contribution in [-0.2, 0) is 10.2 Å². The topological polar surface area (TPSA) is 72.9 Å². The van der Waals surface area contributed by atoms with Crippen LogP contribution in [0.1, 0.15) is 19.3 Å². The third kappa shape index (κ3) is 3.62. The lowest BCUT2D eigenvalue weighted by Gasteiger charge is -2.35. The van der Waals surface area contributed by atoms with Crippen LogP contribution in [-0.4, -0.2) is 80.6 Å². The molecule has 0 radical (unpaired) electrons. The third-order valence-electron chi connectivity index (χ3n) is 4.67. The molecule has 1 aromatic rings. The van der Waals surface area contributed by atoms with E-state index in [1.807, 2.05) is 12.1 Å². The van der Waals surface area contributed by atoms with E-state index in [0.717, 1.165) is 24.7 Å². The smallest absolute Gasteiger partial charge is 0.281 e. The van der Waals surface area contributed by atoms with Crippen molar-refractivity contribution in [2.75, 3.05) is 63.2 Å². The molecule has 134 valence electrons. The Kier molecular flexibility index (Phi) is 5.21. The molecule has 0 amide bonds. The minimum Gasteiger partial charge on any atom is -0.355 e. The SMILES string of the molecule is CN(C)S(=O)(=O)N1CCN(c2ccc(N3CCCCC3)nn2)CC1. The van der Waals surface area contributed by atoms with E-state index in [4.69, 9.17) is 0 Å². The van der Waals surface area contributed by atoms with Gasteiger partial charge < -0.3 is 9.80 Å². The Morgan fingerprint density at radius 2 is 1.33 bits per heavy atom. The van der Waals surface area contributed by atoms with Gasteiger partial charge in [-0.25, -0.2) is 0 Å². The highest BCUT2D eigenvalue weighted by Gasteiger charge is 2.29. The van der Waals surface area contributed by atoms with E-state index in [1.54, 1.807) is 14.1 Å². The lowest BCUT2D eigenvalue weighted by atomic mass is 10.1. The summed E-state index contributed by atoms with van der Waals surface area (Å²) in [5.74, 6) is 1.75. The quantitative estimate of drug-likeness (QED) is 0.779. The van der Waals surface area contributed by atoms with Crippen molar-refractivity contribution in [1.82, 2.24) is 18.8 Å². The van der Waals surface area contributed by atoms with Crippen LogP contribution in [0.25, 0.3) is 0 Å². The maximum Gasteiger partial charge on any atom is 0.281 e. The van der Waals surface area contributed by atoms with E-state index in [1.165, 1.54) is 27.9 Å². The second-order valence-electron chi connectivity index (χ2n) is 6.47. The monoisotopic (exact) mass is 354 g/mol. The molecule has 0 spiro atoms. The van der Waals surface area contributed by atoms with Crippen LogP contribution in [0.3, 0.4) is 0 Å². The van der Waals surface area contributed by atoms with Gasteiger partial charge in [0.15, 0.2) is 11.6 Å². The lowest BCUT2D eigenvalue weighted by molar-refractivity contribution is 0.354. The zero-order chi connectivity index (χ0) is 17.2. The van der Waals surface area contributed by atoms with Gasteiger partial charge in [-0.05, 0) is 31.4 Å². The van der Waals surface area contributed by atoms with E-state index >= 15 is 0 Å². The molecule has 24 heavy (non-hydrogen) atoms. The Morgan fingerprint density at radius 3 is 1.79 bits per heavy atom. The second kappa shape index (κ2) is 7.20. The molecule has 2 aliphatic rings. The summed E-state index contributed by atoms with van der Waals surface area (Å²) in [5, 5.41) is 8.72. The van der Waals surface area contributed by atoms with Gasteiger partial charge in [0.1, 0.15) is 0 Å². The number of anilines is 2. The summed E-state index contributed by atoms with van der Waals surface area (Å²) in [5.41, 5.74) is 0. The van der Waals surface area contributed by atoms with Gasteiger partial charge in [0, 0.05) is 53.4 Å². The number of rotatable bonds is 4. The van der Waals surface area contributed by atoms with E-state index in [0.29, 0.717) is 26.2 Å². The van der Waals surface area contributed by atoms with Crippen LogP contribution in [0, 0.1) is 0 Å². The molecule has 1 aromatic heterocycles. The maximum absolute atomic E-state index is 12.1. The van der Waals surface area contributed by atoms with Gasteiger partial charge >= 0.3 is 0 Å². The summed E-state index contributed by atoms with van der Waals surface area (Å²) >= 11 is 0. The summed E-state index contributed by atoms with van der Waals surface area (Å²) in [6.45, 7) is 4.30. The van der Waals surface area contributed by atoms with Crippen molar-refractivity contribution >= 4 is 21.8 Å². The van der Waals surface area contributed by atoms with Gasteiger partial charge in [0.05, 0.1) is 0 Å². The molecule has 3 heterocycles. The molecular weight excluding hydrogens is 328 g/mol. The maximum atomic E-state index is 12.1. The Balaban J connectivity index is 1.60. The number of hydrogen-bond acceptors (Lipinski definition) is 6. The van der Waals surface area contributed by atoms with Gasteiger partial charge in [-0.15, -0.1) is 10.2 Å². The molecule has 2 saturated heterocycles. The van der Waals surface area contributed by atoms with Gasteiger partial charge in [-0.1, -0.05) is 0 Å². The second-order valence-corrected chi connectivity index (χ2v) is 8.62. The summed E-state index contributed by atoms with van der Waals surface area (Å²) in [4.78, 5) is 4.37. The third-order valence-corrected chi connectivity index (χ3v) is 6.61. The Bertz CT molecular complexity index is 634. The average Bonchev–Trinajstić information content (AvgIpc) is 2.62. The van der Waals surface area contributed by atoms with Crippen molar-refractivity contribution in [3.63, 3.8) is 0 Å². The van der Waals surface area contributed by atoms with E-state index in [2.05, 4.69) is 20.0 Å². The molecule has 2 aliphatic heterocycles. The molecule has 0 bridgehead atoms. The summed E-state index contributed by atoms with van der Waals surface area (Å²) < 4.78 is 27.1. The fraction of sp³-hybridized carbons (Fsp3) is 0.733. The first-order valence-electron chi connectivity index (χ1n) is 8.50. The molecule has 0 atom stereocenters. The van der Waals surface area contributed by atoms with Gasteiger partial charge in [-0.3, -0.25) is 0 Å². The number of hydrogen-bond donors (Lipinski definition) is 0. The molecule has 2 fully saturated rings. The standard InChI is InChI=1S/C15H26N6O2S/c1-18(2)24(22,23)21-12-10-20(11-13-21)15-7-6-14(16-17-15)19-8-4-3-5-9-19/h6-7H,3-5,8-13H2,1-2H3. The summed E-state index contributed by atoms with van der Waals surface area (Å²) in [6.07, 6.45) is 3.72. The number of aromatic nitrogens is 2. The first-order valence-corrected chi connectivity index (χ1v) is 9.89. The normalized spacial score (nSPS) is 20.6. The zero-order valence-corrected chi connectivity index (χ0v) is 15.2. The van der Waals surface area contributed by atoms with Crippen molar-refractivity contribution in [1.29, 1.82) is 0 Å². The van der Waals surface area contributed by atoms with E-state index in [-0.39, 0.29) is 0 Å². The Hall–Kier alpha value is -1.45. The predicted molar refractivity (Wildman–Crippen MR) is 94.5 cm³/mol. The fourth-order valence-electron chi connectivity index (χ4n) is 3.16. The largest absolute Gasteiger partial charge is 0.355 e. The van der Waals surface area contributed by atoms with Gasteiger partial charge in [-0.2, -0.15) is 17.0 Å². The highest BCUT2D eigenvalue weighted by Crippen LogP contribution is 2.20. The minimum atomic E-state index is -3.33. The van der Waals surface area contributed by atoms with Crippen LogP contribution in [0.4, 0.5) is 11.6 Å². The highest BCUT2D eigenvalue weighted by atomic mass is 32.2. The van der Waals surface area contributed by atoms with Crippen molar-refractivity contribution in [3.8, 4) is 0 Å². The molecule has 0 N–H and O–H groups in total. The molecular formula is C15H26N6O2S. The zero-order valence-electron chi connectivity index (χ0n) is 14.4. The van der Waals surface area contributed by atoms with E-state index < -0.39 is 10.2 Å². The summed E-state index contributed by atoms with van der Waals surface area (Å²) in [6, 6.07) is 4.02. The first kappa shape index (κ1) is 17.4. The molecule has 0 unspecified atom stereocenters. The lowest BCUT2D eigenvalue weighted by Crippen LogP contribution is -2.51. The van der Waals surface area contributed by atoms with E-state index in [9.17, 15) is 8.42 Å². The highest BCUT2D eigenvalue weighted by molar-refractivity contribution is 7.86. The number of nitrogens with zero attached hydrogens (tertiary/aromatic N) is 6. The molecule has 9 heteroatoms. The Morgan fingerprint density at radius 1 is 0.833 bits per heavy atom. The van der Waals surface area contributed by atoms with Crippen molar-refractivity contribution < 1.29 is 8.42 Å². The van der Waals surface area contributed by atoms with Crippen LogP contribution in [0.5, 0.6) is 0 Å². The molecule has 3 rings (SSSR count). The van der Waals surface area contributed by atoms with Crippen LogP contribution in [0.15, 0.2) is 12.1 Å². The van der Waals surface area contributed by atoms with Crippen molar-refractivity contribution in [2.45, 2.75) is 19.3 Å². The minimum absolute atomic E-state index is 0.468. The number of piperazine rings is 1. The molecule has 0 aliphatic carbocycles. The molecule has 0 saturated carbocycles. The first-order chi connectivity index (χ1) is 11.5. The van der Waals surface area contributed by atoms with Gasteiger partial charge in [0.25, 0.3) is 10.2 Å². The molecule has 8 nitrogen and oxygen atoms in total. The number of piperidine rings is 1. The average molecular weight is 354 g/mol. The van der Waals surface area contributed by atoms with Crippen molar-refractivity contribution in [2.24, 2.45) is 0 Å².